The summed E-state index contributed by atoms with van der Waals surface area (Å²) in [5, 5.41) is 0.789. The number of halogens is 2. The molecule has 0 atom stereocenters. The lowest BCUT2D eigenvalue weighted by atomic mass is 10.2. The number of hydrogen-bond acceptors (Lipinski definition) is 0. The Kier molecular flexibility index (Phi) is 3.94. The molecule has 0 fully saturated rings. The minimum Gasteiger partial charge on any atom is -0.0843 e. The van der Waals surface area contributed by atoms with E-state index in [9.17, 15) is 0 Å². The van der Waals surface area contributed by atoms with Gasteiger partial charge in [-0.2, -0.15) is 0 Å². The third kappa shape index (κ3) is 3.25. The summed E-state index contributed by atoms with van der Waals surface area (Å²) < 4.78 is 1.04. The van der Waals surface area contributed by atoms with E-state index >= 15 is 0 Å². The van der Waals surface area contributed by atoms with Crippen LogP contribution in [0.15, 0.2) is 30.3 Å². The molecular weight excluding hydrogens is 270 g/mol. The second-order valence-electron chi connectivity index (χ2n) is 2.11. The van der Waals surface area contributed by atoms with Crippen molar-refractivity contribution in [2.24, 2.45) is 0 Å². The molecule has 0 bridgehead atoms. The lowest BCUT2D eigenvalue weighted by Gasteiger charge is -1.91. The zero-order valence-corrected chi connectivity index (χ0v) is 8.84. The van der Waals surface area contributed by atoms with E-state index < -0.39 is 0 Å². The first kappa shape index (κ1) is 9.07. The first-order valence-corrected chi connectivity index (χ1v) is 5.21. The van der Waals surface area contributed by atoms with Gasteiger partial charge in [0.05, 0.1) is 0 Å². The van der Waals surface area contributed by atoms with E-state index in [1.165, 1.54) is 5.56 Å². The number of benzene rings is 1. The second-order valence-corrected chi connectivity index (χ2v) is 3.43. The molecule has 0 saturated carbocycles. The van der Waals surface area contributed by atoms with E-state index in [1.807, 2.05) is 24.3 Å². The fourth-order valence-corrected chi connectivity index (χ4v) is 1.13. The Bertz CT molecular complexity index is 238. The molecule has 0 aliphatic rings. The van der Waals surface area contributed by atoms with Crippen LogP contribution in [0.3, 0.4) is 0 Å². The molecule has 0 unspecified atom stereocenters. The molecule has 2 heteroatoms. The molecule has 0 spiro atoms. The number of alkyl halides is 1. The van der Waals surface area contributed by atoms with Gasteiger partial charge in [0.2, 0.25) is 0 Å². The van der Waals surface area contributed by atoms with Crippen molar-refractivity contribution in [2.45, 2.75) is 0 Å². The van der Waals surface area contributed by atoms with Crippen LogP contribution in [0.25, 0.3) is 6.08 Å². The van der Waals surface area contributed by atoms with Crippen molar-refractivity contribution in [3.63, 3.8) is 0 Å². The van der Waals surface area contributed by atoms with Crippen LogP contribution in [-0.4, -0.2) is 4.43 Å². The number of allylic oxidation sites excluding steroid dienone is 1. The molecule has 0 amide bonds. The minimum absolute atomic E-state index is 0.789. The third-order valence-electron chi connectivity index (χ3n) is 1.27. The van der Waals surface area contributed by atoms with Crippen molar-refractivity contribution in [3.05, 3.63) is 40.9 Å². The average Bonchev–Trinajstić information content (AvgIpc) is 2.04. The summed E-state index contributed by atoms with van der Waals surface area (Å²) in [6.07, 6.45) is 4.20. The smallest absolute Gasteiger partial charge is 0.0406 e. The van der Waals surface area contributed by atoms with Gasteiger partial charge in [-0.3, -0.25) is 0 Å². The quantitative estimate of drug-likeness (QED) is 0.570. The molecule has 11 heavy (non-hydrogen) atoms. The first-order chi connectivity index (χ1) is 5.33. The van der Waals surface area contributed by atoms with Crippen LogP contribution in [0.5, 0.6) is 0 Å². The third-order valence-corrected chi connectivity index (χ3v) is 2.03. The zero-order valence-electron chi connectivity index (χ0n) is 5.93. The summed E-state index contributed by atoms with van der Waals surface area (Å²) in [5.74, 6) is 0. The van der Waals surface area contributed by atoms with Crippen LogP contribution in [0, 0.1) is 0 Å². The zero-order chi connectivity index (χ0) is 8.10. The van der Waals surface area contributed by atoms with Gasteiger partial charge in [0.1, 0.15) is 0 Å². The van der Waals surface area contributed by atoms with Gasteiger partial charge in [0.25, 0.3) is 0 Å². The Morgan fingerprint density at radius 3 is 2.45 bits per heavy atom. The van der Waals surface area contributed by atoms with Gasteiger partial charge >= 0.3 is 0 Å². The highest BCUT2D eigenvalue weighted by molar-refractivity contribution is 14.1. The first-order valence-electron chi connectivity index (χ1n) is 3.31. The molecule has 0 N–H and O–H groups in total. The Hall–Kier alpha value is -0.0200. The normalized spacial score (nSPS) is 10.7. The van der Waals surface area contributed by atoms with Gasteiger partial charge in [-0.15, -0.1) is 0 Å². The van der Waals surface area contributed by atoms with Gasteiger partial charge in [-0.1, -0.05) is 58.5 Å². The van der Waals surface area contributed by atoms with Gasteiger partial charge in [-0.25, -0.2) is 0 Å². The van der Waals surface area contributed by atoms with Gasteiger partial charge in [0.15, 0.2) is 0 Å². The van der Waals surface area contributed by atoms with E-state index in [4.69, 9.17) is 11.6 Å². The van der Waals surface area contributed by atoms with E-state index in [0.717, 1.165) is 9.45 Å². The van der Waals surface area contributed by atoms with Crippen LogP contribution < -0.4 is 0 Å². The molecule has 0 aliphatic heterocycles. The molecule has 0 saturated heterocycles. The maximum atomic E-state index is 5.72. The lowest BCUT2D eigenvalue weighted by Crippen LogP contribution is -1.70. The fraction of sp³-hybridized carbons (Fsp3) is 0.111. The fourth-order valence-electron chi connectivity index (χ4n) is 0.755. The summed E-state index contributed by atoms with van der Waals surface area (Å²) in [5.41, 5.74) is 1.20. The van der Waals surface area contributed by atoms with Crippen molar-refractivity contribution in [2.75, 3.05) is 4.43 Å². The molecule has 0 aromatic heterocycles. The van der Waals surface area contributed by atoms with Gasteiger partial charge < -0.3 is 0 Å². The summed E-state index contributed by atoms with van der Waals surface area (Å²) in [6.45, 7) is 0. The molecule has 1 aromatic rings. The van der Waals surface area contributed by atoms with E-state index in [1.54, 1.807) is 0 Å². The highest BCUT2D eigenvalue weighted by Crippen LogP contribution is 2.10. The largest absolute Gasteiger partial charge is 0.0843 e. The molecule has 1 rings (SSSR count). The van der Waals surface area contributed by atoms with Crippen LogP contribution in [0.4, 0.5) is 0 Å². The van der Waals surface area contributed by atoms with Gasteiger partial charge in [-0.05, 0) is 17.7 Å². The topological polar surface area (TPSA) is 0 Å². The summed E-state index contributed by atoms with van der Waals surface area (Å²) in [4.78, 5) is 0. The highest BCUT2D eigenvalue weighted by atomic mass is 127. The minimum atomic E-state index is 0.789. The molecule has 0 heterocycles. The van der Waals surface area contributed by atoms with Crippen molar-refractivity contribution >= 4 is 40.3 Å². The van der Waals surface area contributed by atoms with Crippen molar-refractivity contribution in [1.29, 1.82) is 0 Å². The molecule has 58 valence electrons. The Labute approximate surface area is 85.4 Å². The molecule has 0 radical (unpaired) electrons. The molecule has 0 nitrogen and oxygen atoms in total. The second kappa shape index (κ2) is 4.78. The summed E-state index contributed by atoms with van der Waals surface area (Å²) in [6, 6.07) is 7.80. The van der Waals surface area contributed by atoms with Crippen molar-refractivity contribution < 1.29 is 0 Å². The molecule has 1 aromatic carbocycles. The van der Waals surface area contributed by atoms with Gasteiger partial charge in [0, 0.05) is 9.45 Å². The lowest BCUT2D eigenvalue weighted by molar-refractivity contribution is 1.65. The summed E-state index contributed by atoms with van der Waals surface area (Å²) >= 11 is 8.03. The number of hydrogen-bond donors (Lipinski definition) is 0. The number of rotatable bonds is 2. The van der Waals surface area contributed by atoms with E-state index in [-0.39, 0.29) is 0 Å². The van der Waals surface area contributed by atoms with Crippen LogP contribution in [-0.2, 0) is 0 Å². The van der Waals surface area contributed by atoms with Crippen molar-refractivity contribution in [1.82, 2.24) is 0 Å². The predicted octanol–water partition coefficient (Wildman–Crippen LogP) is 3.79. The average molecular weight is 279 g/mol. The maximum Gasteiger partial charge on any atom is 0.0406 e. The monoisotopic (exact) mass is 278 g/mol. The molecule has 0 aliphatic carbocycles. The van der Waals surface area contributed by atoms with Crippen LogP contribution in [0.2, 0.25) is 5.02 Å². The SMILES string of the molecule is Clc1ccc(/C=C/CI)cc1. The summed E-state index contributed by atoms with van der Waals surface area (Å²) in [7, 11) is 0. The van der Waals surface area contributed by atoms with Crippen LogP contribution in [0.1, 0.15) is 5.56 Å². The highest BCUT2D eigenvalue weighted by Gasteiger charge is 1.85. The Morgan fingerprint density at radius 2 is 1.91 bits per heavy atom. The molecular formula is C9H8ClI. The Morgan fingerprint density at radius 1 is 1.27 bits per heavy atom. The standard InChI is InChI=1S/C9H8ClI/c10-9-5-3-8(4-6-9)2-1-7-11/h1-6H,7H2/b2-1+. The van der Waals surface area contributed by atoms with Crippen molar-refractivity contribution in [3.8, 4) is 0 Å². The maximum absolute atomic E-state index is 5.72. The Balaban J connectivity index is 2.73. The van der Waals surface area contributed by atoms with E-state index in [2.05, 4.69) is 34.7 Å². The predicted molar refractivity (Wildman–Crippen MR) is 59.4 cm³/mol. The van der Waals surface area contributed by atoms with Crippen LogP contribution >= 0.6 is 34.2 Å². The van der Waals surface area contributed by atoms with E-state index in [0.29, 0.717) is 0 Å².